The van der Waals surface area contributed by atoms with Crippen LogP contribution in [0.1, 0.15) is 5.56 Å². The van der Waals surface area contributed by atoms with E-state index in [0.29, 0.717) is 13.1 Å². The van der Waals surface area contributed by atoms with Gasteiger partial charge < -0.3 is 10.0 Å². The molecule has 1 aliphatic rings. The number of anilines is 1. The molecule has 17 heavy (non-hydrogen) atoms. The van der Waals surface area contributed by atoms with E-state index in [9.17, 15) is 4.79 Å². The molecular formula is C11H12N4O2. The van der Waals surface area contributed by atoms with Crippen molar-refractivity contribution in [3.8, 4) is 0 Å². The number of carboxylic acids is 1. The molecule has 0 unspecified atom stereocenters. The normalized spacial score (nSPS) is 16.2. The molecule has 2 aromatic heterocycles. The standard InChI is InChI=1S/C11H12N4O2/c1-7-2-9-12-6-13-15(9)10(3-7)14-4-8(5-14)11(16)17/h2-3,6,8H,4-5H2,1H3,(H,16,17). The molecule has 0 aliphatic carbocycles. The van der Waals surface area contributed by atoms with Gasteiger partial charge in [0, 0.05) is 13.1 Å². The minimum Gasteiger partial charge on any atom is -0.481 e. The molecule has 0 radical (unpaired) electrons. The van der Waals surface area contributed by atoms with Crippen LogP contribution in [0.2, 0.25) is 0 Å². The largest absolute Gasteiger partial charge is 0.481 e. The molecule has 1 saturated heterocycles. The summed E-state index contributed by atoms with van der Waals surface area (Å²) in [4.78, 5) is 16.9. The van der Waals surface area contributed by atoms with Gasteiger partial charge in [0.1, 0.15) is 12.1 Å². The molecule has 88 valence electrons. The lowest BCUT2D eigenvalue weighted by Crippen LogP contribution is -2.51. The van der Waals surface area contributed by atoms with E-state index in [1.54, 1.807) is 4.52 Å². The van der Waals surface area contributed by atoms with E-state index in [4.69, 9.17) is 5.11 Å². The molecule has 3 rings (SSSR count). The summed E-state index contributed by atoms with van der Waals surface area (Å²) in [6, 6.07) is 3.95. The molecule has 0 saturated carbocycles. The van der Waals surface area contributed by atoms with Gasteiger partial charge in [0.2, 0.25) is 0 Å². The second kappa shape index (κ2) is 3.44. The Labute approximate surface area is 97.5 Å². The molecule has 2 aromatic rings. The average Bonchev–Trinajstić information content (AvgIpc) is 2.61. The minimum atomic E-state index is -0.733. The number of pyridine rings is 1. The van der Waals surface area contributed by atoms with Gasteiger partial charge in [0.05, 0.1) is 5.92 Å². The van der Waals surface area contributed by atoms with E-state index >= 15 is 0 Å². The van der Waals surface area contributed by atoms with Crippen molar-refractivity contribution < 1.29 is 9.90 Å². The first-order chi connectivity index (χ1) is 8.15. The van der Waals surface area contributed by atoms with Crippen LogP contribution in [0.3, 0.4) is 0 Å². The maximum absolute atomic E-state index is 10.8. The number of fused-ring (bicyclic) bond motifs is 1. The second-order valence-corrected chi connectivity index (χ2v) is 4.36. The zero-order valence-corrected chi connectivity index (χ0v) is 9.37. The summed E-state index contributed by atoms with van der Waals surface area (Å²) in [6.07, 6.45) is 1.51. The summed E-state index contributed by atoms with van der Waals surface area (Å²) in [7, 11) is 0. The van der Waals surface area contributed by atoms with Crippen molar-refractivity contribution in [3.05, 3.63) is 24.0 Å². The zero-order valence-electron chi connectivity index (χ0n) is 9.37. The Morgan fingerprint density at radius 3 is 2.94 bits per heavy atom. The van der Waals surface area contributed by atoms with Gasteiger partial charge in [-0.05, 0) is 24.6 Å². The zero-order chi connectivity index (χ0) is 12.0. The fourth-order valence-electron chi connectivity index (χ4n) is 2.08. The van der Waals surface area contributed by atoms with Crippen molar-refractivity contribution >= 4 is 17.4 Å². The SMILES string of the molecule is Cc1cc(N2CC(C(=O)O)C2)n2ncnc2c1. The topological polar surface area (TPSA) is 70.7 Å². The first-order valence-electron chi connectivity index (χ1n) is 5.43. The highest BCUT2D eigenvalue weighted by atomic mass is 16.4. The molecule has 0 aromatic carbocycles. The third kappa shape index (κ3) is 1.52. The van der Waals surface area contributed by atoms with Crippen LogP contribution >= 0.6 is 0 Å². The Hall–Kier alpha value is -2.11. The molecule has 1 N–H and O–H groups in total. The lowest BCUT2D eigenvalue weighted by atomic mass is 10.0. The lowest BCUT2D eigenvalue weighted by Gasteiger charge is -2.38. The van der Waals surface area contributed by atoms with Gasteiger partial charge in [-0.2, -0.15) is 9.61 Å². The summed E-state index contributed by atoms with van der Waals surface area (Å²) in [5.74, 6) is -0.0900. The van der Waals surface area contributed by atoms with E-state index in [2.05, 4.69) is 10.1 Å². The number of carbonyl (C=O) groups is 1. The monoisotopic (exact) mass is 232 g/mol. The first kappa shape index (κ1) is 10.1. The highest BCUT2D eigenvalue weighted by molar-refractivity contribution is 5.74. The number of hydrogen-bond donors (Lipinski definition) is 1. The number of nitrogens with zero attached hydrogens (tertiary/aromatic N) is 4. The Morgan fingerprint density at radius 1 is 1.47 bits per heavy atom. The lowest BCUT2D eigenvalue weighted by molar-refractivity contribution is -0.142. The summed E-state index contributed by atoms with van der Waals surface area (Å²) in [5, 5.41) is 13.0. The van der Waals surface area contributed by atoms with Gasteiger partial charge in [0.25, 0.3) is 0 Å². The predicted molar refractivity (Wildman–Crippen MR) is 61.1 cm³/mol. The number of aromatic nitrogens is 3. The first-order valence-corrected chi connectivity index (χ1v) is 5.43. The third-order valence-electron chi connectivity index (χ3n) is 3.06. The van der Waals surface area contributed by atoms with Crippen molar-refractivity contribution in [1.29, 1.82) is 0 Å². The van der Waals surface area contributed by atoms with Gasteiger partial charge in [-0.25, -0.2) is 4.98 Å². The van der Waals surface area contributed by atoms with E-state index in [1.165, 1.54) is 6.33 Å². The molecule has 0 amide bonds. The Kier molecular flexibility index (Phi) is 2.04. The fourth-order valence-corrected chi connectivity index (χ4v) is 2.08. The molecule has 0 spiro atoms. The predicted octanol–water partition coefficient (Wildman–Crippen LogP) is 0.559. The summed E-state index contributed by atoms with van der Waals surface area (Å²) < 4.78 is 1.74. The Morgan fingerprint density at radius 2 is 2.24 bits per heavy atom. The van der Waals surface area contributed by atoms with Gasteiger partial charge >= 0.3 is 5.97 Å². The van der Waals surface area contributed by atoms with Crippen molar-refractivity contribution in [2.45, 2.75) is 6.92 Å². The van der Waals surface area contributed by atoms with Gasteiger partial charge in [-0.1, -0.05) is 0 Å². The van der Waals surface area contributed by atoms with Crippen LogP contribution in [0.15, 0.2) is 18.5 Å². The van der Waals surface area contributed by atoms with Crippen molar-refractivity contribution in [2.24, 2.45) is 5.92 Å². The summed E-state index contributed by atoms with van der Waals surface area (Å²) in [6.45, 7) is 3.06. The van der Waals surface area contributed by atoms with Crippen LogP contribution in [-0.4, -0.2) is 38.8 Å². The van der Waals surface area contributed by atoms with Crippen LogP contribution in [0.5, 0.6) is 0 Å². The maximum Gasteiger partial charge on any atom is 0.310 e. The van der Waals surface area contributed by atoms with Crippen LogP contribution in [0.4, 0.5) is 5.82 Å². The van der Waals surface area contributed by atoms with Crippen molar-refractivity contribution in [3.63, 3.8) is 0 Å². The summed E-state index contributed by atoms with van der Waals surface area (Å²) in [5.41, 5.74) is 1.89. The molecule has 6 nitrogen and oxygen atoms in total. The number of rotatable bonds is 2. The average molecular weight is 232 g/mol. The van der Waals surface area contributed by atoms with Gasteiger partial charge in [-0.15, -0.1) is 0 Å². The second-order valence-electron chi connectivity index (χ2n) is 4.36. The fraction of sp³-hybridized carbons (Fsp3) is 0.364. The number of aryl methyl sites for hydroxylation is 1. The number of hydrogen-bond acceptors (Lipinski definition) is 4. The van der Waals surface area contributed by atoms with Crippen LogP contribution < -0.4 is 4.90 Å². The number of aliphatic carboxylic acids is 1. The highest BCUT2D eigenvalue weighted by Crippen LogP contribution is 2.25. The smallest absolute Gasteiger partial charge is 0.310 e. The van der Waals surface area contributed by atoms with Crippen LogP contribution in [-0.2, 0) is 4.79 Å². The molecule has 3 heterocycles. The number of carboxylic acid groups (broad SMARTS) is 1. The highest BCUT2D eigenvalue weighted by Gasteiger charge is 2.33. The van der Waals surface area contributed by atoms with Gasteiger partial charge in [0.15, 0.2) is 5.65 Å². The minimum absolute atomic E-state index is 0.269. The Balaban J connectivity index is 1.96. The van der Waals surface area contributed by atoms with Crippen molar-refractivity contribution in [1.82, 2.24) is 14.6 Å². The van der Waals surface area contributed by atoms with Crippen molar-refractivity contribution in [2.75, 3.05) is 18.0 Å². The quantitative estimate of drug-likeness (QED) is 0.819. The Bertz CT molecular complexity index is 586. The molecule has 0 atom stereocenters. The molecule has 6 heteroatoms. The van der Waals surface area contributed by atoms with E-state index < -0.39 is 5.97 Å². The van der Waals surface area contributed by atoms with Gasteiger partial charge in [-0.3, -0.25) is 4.79 Å². The summed E-state index contributed by atoms with van der Waals surface area (Å²) >= 11 is 0. The van der Waals surface area contributed by atoms with Crippen LogP contribution in [0.25, 0.3) is 5.65 Å². The molecule has 1 fully saturated rings. The van der Waals surface area contributed by atoms with E-state index in [0.717, 1.165) is 17.0 Å². The maximum atomic E-state index is 10.8. The molecule has 1 aliphatic heterocycles. The third-order valence-corrected chi connectivity index (χ3v) is 3.06. The molecule has 0 bridgehead atoms. The van der Waals surface area contributed by atoms with E-state index in [-0.39, 0.29) is 5.92 Å². The van der Waals surface area contributed by atoms with Crippen LogP contribution in [0, 0.1) is 12.8 Å². The van der Waals surface area contributed by atoms with E-state index in [1.807, 2.05) is 24.0 Å². The molecular weight excluding hydrogens is 220 g/mol.